The Morgan fingerprint density at radius 3 is 1.06 bits per heavy atom. The molecule has 1 fully saturated rings. The molecule has 0 aromatic rings. The van der Waals surface area contributed by atoms with Gasteiger partial charge in [-0.25, -0.2) is 0 Å². The van der Waals surface area contributed by atoms with Gasteiger partial charge in [-0.3, -0.25) is 14.4 Å². The van der Waals surface area contributed by atoms with Gasteiger partial charge in [0.15, 0.2) is 0 Å². The van der Waals surface area contributed by atoms with Gasteiger partial charge in [-0.05, 0) is 19.3 Å². The normalized spacial score (nSPS) is 27.2. The highest BCUT2D eigenvalue weighted by molar-refractivity contribution is 5.80. The van der Waals surface area contributed by atoms with Crippen molar-refractivity contribution in [2.75, 3.05) is 21.3 Å². The third-order valence-corrected chi connectivity index (χ3v) is 3.31. The molecule has 1 rings (SSSR count). The molecule has 0 heterocycles. The van der Waals surface area contributed by atoms with Crippen molar-refractivity contribution in [1.29, 1.82) is 0 Å². The molecule has 18 heavy (non-hydrogen) atoms. The van der Waals surface area contributed by atoms with Crippen LogP contribution in [0.25, 0.3) is 0 Å². The Balaban J connectivity index is 2.81. The van der Waals surface area contributed by atoms with E-state index in [0.29, 0.717) is 19.3 Å². The molecule has 0 N–H and O–H groups in total. The lowest BCUT2D eigenvalue weighted by atomic mass is 9.75. The number of esters is 3. The first-order chi connectivity index (χ1) is 8.53. The zero-order chi connectivity index (χ0) is 13.7. The monoisotopic (exact) mass is 258 g/mol. The number of hydrogen-bond acceptors (Lipinski definition) is 6. The first-order valence-corrected chi connectivity index (χ1v) is 5.77. The molecule has 0 aromatic carbocycles. The number of rotatable bonds is 3. The topological polar surface area (TPSA) is 78.9 Å². The van der Waals surface area contributed by atoms with Gasteiger partial charge in [0.1, 0.15) is 0 Å². The van der Waals surface area contributed by atoms with Crippen molar-refractivity contribution in [3.8, 4) is 0 Å². The van der Waals surface area contributed by atoms with Crippen LogP contribution in [0.4, 0.5) is 0 Å². The second kappa shape index (κ2) is 6.37. The van der Waals surface area contributed by atoms with Crippen molar-refractivity contribution in [3.05, 3.63) is 0 Å². The van der Waals surface area contributed by atoms with Crippen molar-refractivity contribution < 1.29 is 28.6 Å². The van der Waals surface area contributed by atoms with E-state index in [4.69, 9.17) is 0 Å². The summed E-state index contributed by atoms with van der Waals surface area (Å²) in [7, 11) is 3.87. The first-order valence-electron chi connectivity index (χ1n) is 5.77. The highest BCUT2D eigenvalue weighted by Gasteiger charge is 2.40. The third kappa shape index (κ3) is 3.21. The maximum atomic E-state index is 11.6. The Labute approximate surface area is 106 Å². The molecule has 0 aliphatic heterocycles. The fraction of sp³-hybridized carbons (Fsp3) is 0.750. The molecule has 0 atom stereocenters. The molecular weight excluding hydrogens is 240 g/mol. The van der Waals surface area contributed by atoms with Crippen LogP contribution in [0.5, 0.6) is 0 Å². The fourth-order valence-corrected chi connectivity index (χ4v) is 2.40. The third-order valence-electron chi connectivity index (χ3n) is 3.31. The maximum absolute atomic E-state index is 11.6. The summed E-state index contributed by atoms with van der Waals surface area (Å²) in [6.45, 7) is 0. The Morgan fingerprint density at radius 1 is 0.667 bits per heavy atom. The summed E-state index contributed by atoms with van der Waals surface area (Å²) in [6, 6.07) is 0. The van der Waals surface area contributed by atoms with Gasteiger partial charge in [-0.2, -0.15) is 0 Å². The average molecular weight is 258 g/mol. The average Bonchev–Trinajstić information content (AvgIpc) is 2.43. The smallest absolute Gasteiger partial charge is 0.308 e. The van der Waals surface area contributed by atoms with Crippen LogP contribution in [0.2, 0.25) is 0 Å². The lowest BCUT2D eigenvalue weighted by molar-refractivity contribution is -0.157. The van der Waals surface area contributed by atoms with E-state index in [9.17, 15) is 14.4 Å². The molecule has 0 saturated heterocycles. The van der Waals surface area contributed by atoms with E-state index < -0.39 is 35.7 Å². The predicted molar refractivity (Wildman–Crippen MR) is 60.4 cm³/mol. The van der Waals surface area contributed by atoms with Gasteiger partial charge in [0, 0.05) is 0 Å². The van der Waals surface area contributed by atoms with Crippen LogP contribution in [0.1, 0.15) is 19.3 Å². The van der Waals surface area contributed by atoms with Crippen molar-refractivity contribution in [2.45, 2.75) is 19.3 Å². The van der Waals surface area contributed by atoms with Crippen molar-refractivity contribution in [2.24, 2.45) is 17.8 Å². The van der Waals surface area contributed by atoms with Crippen LogP contribution < -0.4 is 0 Å². The standard InChI is InChI=1S/C12H18O6/c1-16-10(13)7-4-8(11(14)17-2)6-9(5-7)12(15)18-3/h7-9H,4-6H2,1-3H3. The number of carbonyl (C=O) groups excluding carboxylic acids is 3. The van der Waals surface area contributed by atoms with E-state index in [1.807, 2.05) is 0 Å². The van der Waals surface area contributed by atoms with E-state index in [2.05, 4.69) is 14.2 Å². The molecule has 0 spiro atoms. The molecule has 1 saturated carbocycles. The Morgan fingerprint density at radius 2 is 0.889 bits per heavy atom. The Kier molecular flexibility index (Phi) is 5.12. The van der Waals surface area contributed by atoms with Crippen LogP contribution in [0.15, 0.2) is 0 Å². The van der Waals surface area contributed by atoms with Crippen LogP contribution in [0, 0.1) is 17.8 Å². The quantitative estimate of drug-likeness (QED) is 0.543. The molecule has 0 radical (unpaired) electrons. The van der Waals surface area contributed by atoms with Gasteiger partial charge in [0.25, 0.3) is 0 Å². The van der Waals surface area contributed by atoms with Crippen LogP contribution in [0.3, 0.4) is 0 Å². The summed E-state index contributed by atoms with van der Waals surface area (Å²) >= 11 is 0. The SMILES string of the molecule is COC(=O)C1CC(C(=O)OC)CC(C(=O)OC)C1. The minimum absolute atomic E-state index is 0.354. The van der Waals surface area contributed by atoms with E-state index in [-0.39, 0.29) is 0 Å². The summed E-state index contributed by atoms with van der Waals surface area (Å²) in [6.07, 6.45) is 1.06. The van der Waals surface area contributed by atoms with Gasteiger partial charge in [-0.1, -0.05) is 0 Å². The molecule has 0 unspecified atom stereocenters. The number of carbonyl (C=O) groups is 3. The van der Waals surface area contributed by atoms with Gasteiger partial charge in [0.2, 0.25) is 0 Å². The summed E-state index contributed by atoms with van der Waals surface area (Å²) in [5.41, 5.74) is 0. The van der Waals surface area contributed by atoms with E-state index >= 15 is 0 Å². The number of methoxy groups -OCH3 is 3. The Bertz CT molecular complexity index is 279. The van der Waals surface area contributed by atoms with Crippen molar-refractivity contribution >= 4 is 17.9 Å². The zero-order valence-corrected chi connectivity index (χ0v) is 10.8. The molecule has 1 aliphatic rings. The molecule has 0 bridgehead atoms. The molecular formula is C12H18O6. The Hall–Kier alpha value is -1.59. The van der Waals surface area contributed by atoms with Crippen molar-refractivity contribution in [3.63, 3.8) is 0 Å². The van der Waals surface area contributed by atoms with E-state index in [0.717, 1.165) is 0 Å². The van der Waals surface area contributed by atoms with E-state index in [1.165, 1.54) is 21.3 Å². The lowest BCUT2D eigenvalue weighted by Crippen LogP contribution is -2.36. The maximum Gasteiger partial charge on any atom is 0.308 e. The summed E-state index contributed by atoms with van der Waals surface area (Å²) in [4.78, 5) is 34.7. The van der Waals surface area contributed by atoms with Crippen LogP contribution in [-0.2, 0) is 28.6 Å². The minimum atomic E-state index is -0.461. The molecule has 0 aromatic heterocycles. The highest BCUT2D eigenvalue weighted by atomic mass is 16.5. The highest BCUT2D eigenvalue weighted by Crippen LogP contribution is 2.35. The second-order valence-electron chi connectivity index (χ2n) is 4.37. The first kappa shape index (κ1) is 14.5. The molecule has 0 amide bonds. The molecule has 102 valence electrons. The minimum Gasteiger partial charge on any atom is -0.469 e. The molecule has 1 aliphatic carbocycles. The zero-order valence-electron chi connectivity index (χ0n) is 10.8. The van der Waals surface area contributed by atoms with E-state index in [1.54, 1.807) is 0 Å². The van der Waals surface area contributed by atoms with Gasteiger partial charge >= 0.3 is 17.9 Å². The van der Waals surface area contributed by atoms with Gasteiger partial charge in [-0.15, -0.1) is 0 Å². The molecule has 6 nitrogen and oxygen atoms in total. The fourth-order valence-electron chi connectivity index (χ4n) is 2.40. The van der Waals surface area contributed by atoms with Crippen LogP contribution in [-0.4, -0.2) is 39.2 Å². The number of ether oxygens (including phenoxy) is 3. The predicted octanol–water partition coefficient (Wildman–Crippen LogP) is 0.538. The summed E-state index contributed by atoms with van der Waals surface area (Å²) in [5, 5.41) is 0. The second-order valence-corrected chi connectivity index (χ2v) is 4.37. The van der Waals surface area contributed by atoms with Crippen LogP contribution >= 0.6 is 0 Å². The summed E-state index contributed by atoms with van der Waals surface area (Å²) in [5.74, 6) is -2.60. The lowest BCUT2D eigenvalue weighted by Gasteiger charge is -2.30. The van der Waals surface area contributed by atoms with Crippen molar-refractivity contribution in [1.82, 2.24) is 0 Å². The largest absolute Gasteiger partial charge is 0.469 e. The summed E-state index contributed by atoms with van der Waals surface area (Å²) < 4.78 is 14.0. The van der Waals surface area contributed by atoms with Gasteiger partial charge in [0.05, 0.1) is 39.1 Å². The van der Waals surface area contributed by atoms with Gasteiger partial charge < -0.3 is 14.2 Å². The number of hydrogen-bond donors (Lipinski definition) is 0. The molecule has 6 heteroatoms.